The Morgan fingerprint density at radius 3 is 2.89 bits per heavy atom. The van der Waals surface area contributed by atoms with Crippen molar-refractivity contribution in [1.29, 1.82) is 0 Å². The van der Waals surface area contributed by atoms with E-state index in [4.69, 9.17) is 0 Å². The Hall–Kier alpha value is 0.01000. The predicted molar refractivity (Wildman–Crippen MR) is 85.5 cm³/mol. The molecule has 0 amide bonds. The second-order valence-corrected chi connectivity index (χ2v) is 7.40. The lowest BCUT2D eigenvalue weighted by molar-refractivity contribution is 0.291. The molecule has 0 aromatic heterocycles. The Morgan fingerprint density at radius 1 is 1.44 bits per heavy atom. The van der Waals surface area contributed by atoms with Gasteiger partial charge in [0.15, 0.2) is 0 Å². The Balaban J connectivity index is 1.68. The maximum atomic E-state index is 3.67. The molecule has 0 saturated heterocycles. The third-order valence-electron chi connectivity index (χ3n) is 3.84. The van der Waals surface area contributed by atoms with Crippen LogP contribution in [0.5, 0.6) is 0 Å². The van der Waals surface area contributed by atoms with E-state index in [1.807, 2.05) is 11.8 Å². The maximum Gasteiger partial charge on any atom is 0.0178 e. The van der Waals surface area contributed by atoms with Gasteiger partial charge in [0.25, 0.3) is 0 Å². The van der Waals surface area contributed by atoms with Gasteiger partial charge in [-0.2, -0.15) is 11.8 Å². The largest absolute Gasteiger partial charge is 0.314 e. The Kier molecular flexibility index (Phi) is 5.58. The van der Waals surface area contributed by atoms with Crippen molar-refractivity contribution in [3.8, 4) is 0 Å². The summed E-state index contributed by atoms with van der Waals surface area (Å²) in [6, 6.07) is 9.49. The molecule has 1 saturated carbocycles. The van der Waals surface area contributed by atoms with Crippen molar-refractivity contribution >= 4 is 27.7 Å². The van der Waals surface area contributed by atoms with Crippen LogP contribution in [0, 0.1) is 0 Å². The minimum atomic E-state index is 0.739. The molecule has 1 fully saturated rings. The zero-order valence-electron chi connectivity index (χ0n) is 11.2. The standard InChI is InChI=1S/C15H22BrNS/c1-11(18-2)6-7-17-15-9-13(10-15)12-4-3-5-14(16)8-12/h3-5,8,11,13,15,17H,6-7,9-10H2,1-2H3. The van der Waals surface area contributed by atoms with Crippen LogP contribution in [0.25, 0.3) is 0 Å². The smallest absolute Gasteiger partial charge is 0.0178 e. The van der Waals surface area contributed by atoms with Gasteiger partial charge in [-0.1, -0.05) is 35.0 Å². The molecule has 0 aliphatic heterocycles. The minimum Gasteiger partial charge on any atom is -0.314 e. The number of nitrogens with one attached hydrogen (secondary N) is 1. The maximum absolute atomic E-state index is 3.67. The number of halogens is 1. The van der Waals surface area contributed by atoms with Crippen molar-refractivity contribution < 1.29 is 0 Å². The molecular weight excluding hydrogens is 306 g/mol. The Labute approximate surface area is 123 Å². The first-order valence-electron chi connectivity index (χ1n) is 6.70. The molecule has 1 aromatic rings. The molecule has 1 unspecified atom stereocenters. The SMILES string of the molecule is CSC(C)CCNC1CC(c2cccc(Br)c2)C1. The molecule has 3 heteroatoms. The zero-order valence-corrected chi connectivity index (χ0v) is 13.6. The van der Waals surface area contributed by atoms with Crippen LogP contribution in [0.3, 0.4) is 0 Å². The highest BCUT2D eigenvalue weighted by Crippen LogP contribution is 2.37. The number of thioether (sulfide) groups is 1. The third-order valence-corrected chi connectivity index (χ3v) is 5.38. The molecule has 0 heterocycles. The number of hydrogen-bond acceptors (Lipinski definition) is 2. The van der Waals surface area contributed by atoms with E-state index in [1.165, 1.54) is 29.3 Å². The highest BCUT2D eigenvalue weighted by atomic mass is 79.9. The summed E-state index contributed by atoms with van der Waals surface area (Å²) >= 11 is 5.50. The van der Waals surface area contributed by atoms with E-state index in [0.717, 1.165) is 23.8 Å². The van der Waals surface area contributed by atoms with Crippen LogP contribution in [-0.4, -0.2) is 24.1 Å². The fraction of sp³-hybridized carbons (Fsp3) is 0.600. The molecule has 0 radical (unpaired) electrons. The number of benzene rings is 1. The van der Waals surface area contributed by atoms with Crippen LogP contribution < -0.4 is 5.32 Å². The average molecular weight is 328 g/mol. The molecule has 1 atom stereocenters. The van der Waals surface area contributed by atoms with Gasteiger partial charge in [-0.05, 0) is 55.7 Å². The zero-order chi connectivity index (χ0) is 13.0. The molecule has 0 bridgehead atoms. The van der Waals surface area contributed by atoms with E-state index in [-0.39, 0.29) is 0 Å². The van der Waals surface area contributed by atoms with E-state index in [0.29, 0.717) is 0 Å². The predicted octanol–water partition coefficient (Wildman–Crippen LogP) is 4.43. The summed E-state index contributed by atoms with van der Waals surface area (Å²) < 4.78 is 1.20. The summed E-state index contributed by atoms with van der Waals surface area (Å²) in [5.74, 6) is 0.762. The summed E-state index contributed by atoms with van der Waals surface area (Å²) in [6.07, 6.45) is 6.06. The Morgan fingerprint density at radius 2 is 2.22 bits per heavy atom. The molecule has 0 spiro atoms. The van der Waals surface area contributed by atoms with Gasteiger partial charge in [-0.15, -0.1) is 0 Å². The summed E-state index contributed by atoms with van der Waals surface area (Å²) in [7, 11) is 0. The third kappa shape index (κ3) is 4.01. The highest BCUT2D eigenvalue weighted by Gasteiger charge is 2.29. The monoisotopic (exact) mass is 327 g/mol. The Bertz CT molecular complexity index is 377. The summed E-state index contributed by atoms with van der Waals surface area (Å²) in [4.78, 5) is 0. The van der Waals surface area contributed by atoms with Crippen LogP contribution in [0.1, 0.15) is 37.7 Å². The molecular formula is C15H22BrNS. The van der Waals surface area contributed by atoms with E-state index in [9.17, 15) is 0 Å². The molecule has 1 N–H and O–H groups in total. The fourth-order valence-electron chi connectivity index (χ4n) is 2.43. The fourth-order valence-corrected chi connectivity index (χ4v) is 3.20. The second-order valence-electron chi connectivity index (χ2n) is 5.21. The molecule has 1 aromatic carbocycles. The van der Waals surface area contributed by atoms with E-state index >= 15 is 0 Å². The summed E-state index contributed by atoms with van der Waals surface area (Å²) in [5, 5.41) is 4.45. The quantitative estimate of drug-likeness (QED) is 0.829. The van der Waals surface area contributed by atoms with Crippen molar-refractivity contribution in [2.45, 2.75) is 43.4 Å². The van der Waals surface area contributed by atoms with Crippen molar-refractivity contribution in [3.05, 3.63) is 34.3 Å². The van der Waals surface area contributed by atoms with Gasteiger partial charge in [0.2, 0.25) is 0 Å². The van der Waals surface area contributed by atoms with Crippen LogP contribution in [0.2, 0.25) is 0 Å². The molecule has 1 aliphatic carbocycles. The van der Waals surface area contributed by atoms with E-state index < -0.39 is 0 Å². The average Bonchev–Trinajstić information content (AvgIpc) is 2.31. The van der Waals surface area contributed by atoms with Crippen molar-refractivity contribution in [2.24, 2.45) is 0 Å². The summed E-state index contributed by atoms with van der Waals surface area (Å²) in [5.41, 5.74) is 1.49. The first-order chi connectivity index (χ1) is 8.69. The first-order valence-corrected chi connectivity index (χ1v) is 8.78. The van der Waals surface area contributed by atoms with E-state index in [1.54, 1.807) is 0 Å². The number of rotatable bonds is 6. The molecule has 18 heavy (non-hydrogen) atoms. The van der Waals surface area contributed by atoms with Gasteiger partial charge in [0, 0.05) is 15.8 Å². The summed E-state index contributed by atoms with van der Waals surface area (Å²) in [6.45, 7) is 3.47. The van der Waals surface area contributed by atoms with Gasteiger partial charge in [-0.3, -0.25) is 0 Å². The van der Waals surface area contributed by atoms with Crippen LogP contribution in [0.15, 0.2) is 28.7 Å². The lowest BCUT2D eigenvalue weighted by Crippen LogP contribution is -2.40. The van der Waals surface area contributed by atoms with Crippen LogP contribution in [0.4, 0.5) is 0 Å². The lowest BCUT2D eigenvalue weighted by Gasteiger charge is -2.36. The van der Waals surface area contributed by atoms with Crippen LogP contribution in [-0.2, 0) is 0 Å². The molecule has 1 nitrogen and oxygen atoms in total. The molecule has 1 aliphatic rings. The van der Waals surface area contributed by atoms with Gasteiger partial charge in [0.05, 0.1) is 0 Å². The van der Waals surface area contributed by atoms with Gasteiger partial charge in [-0.25, -0.2) is 0 Å². The minimum absolute atomic E-state index is 0.739. The van der Waals surface area contributed by atoms with E-state index in [2.05, 4.69) is 58.7 Å². The van der Waals surface area contributed by atoms with Crippen molar-refractivity contribution in [2.75, 3.05) is 12.8 Å². The second kappa shape index (κ2) is 6.97. The van der Waals surface area contributed by atoms with Gasteiger partial charge >= 0.3 is 0 Å². The number of hydrogen-bond donors (Lipinski definition) is 1. The van der Waals surface area contributed by atoms with Crippen LogP contribution >= 0.6 is 27.7 Å². The van der Waals surface area contributed by atoms with Gasteiger partial charge < -0.3 is 5.32 Å². The lowest BCUT2D eigenvalue weighted by atomic mass is 9.76. The van der Waals surface area contributed by atoms with Crippen molar-refractivity contribution in [1.82, 2.24) is 5.32 Å². The normalized spacial score (nSPS) is 24.6. The molecule has 100 valence electrons. The van der Waals surface area contributed by atoms with Crippen molar-refractivity contribution in [3.63, 3.8) is 0 Å². The molecule has 2 rings (SSSR count). The highest BCUT2D eigenvalue weighted by molar-refractivity contribution is 9.10. The van der Waals surface area contributed by atoms with Gasteiger partial charge in [0.1, 0.15) is 0 Å². The first kappa shape index (κ1) is 14.4. The topological polar surface area (TPSA) is 12.0 Å².